The molecule has 0 amide bonds. The summed E-state index contributed by atoms with van der Waals surface area (Å²) in [6, 6.07) is 5.35. The quantitative estimate of drug-likeness (QED) is 0.577. The largest absolute Gasteiger partial charge is 0.389 e. The van der Waals surface area contributed by atoms with Gasteiger partial charge in [-0.25, -0.2) is 4.98 Å². The Morgan fingerprint density at radius 1 is 1.17 bits per heavy atom. The van der Waals surface area contributed by atoms with Crippen LogP contribution in [0.25, 0.3) is 11.3 Å². The van der Waals surface area contributed by atoms with Gasteiger partial charge in [-0.15, -0.1) is 0 Å². The van der Waals surface area contributed by atoms with E-state index in [1.807, 2.05) is 12.1 Å². The van der Waals surface area contributed by atoms with Crippen molar-refractivity contribution in [3.8, 4) is 11.3 Å². The number of pyridine rings is 1. The van der Waals surface area contributed by atoms with Crippen LogP contribution < -0.4 is 15.8 Å². The molecule has 1 N–H and O–H groups in total. The number of likely N-dealkylation sites (tertiary alicyclic amines) is 1. The van der Waals surface area contributed by atoms with Crippen LogP contribution in [0.1, 0.15) is 45.4 Å². The van der Waals surface area contributed by atoms with Crippen molar-refractivity contribution < 1.29 is 0 Å². The highest BCUT2D eigenvalue weighted by atomic mass is 16.1. The zero-order chi connectivity index (χ0) is 24.5. The number of allylic oxidation sites excluding steroid dienone is 4. The van der Waals surface area contributed by atoms with Crippen molar-refractivity contribution in [2.75, 3.05) is 37.6 Å². The number of nitrogens with one attached hydrogen (secondary N) is 1. The number of aromatic nitrogens is 3. The first kappa shape index (κ1) is 24.8. The molecule has 2 aromatic rings. The molecule has 2 aromatic heterocycles. The normalized spacial score (nSPS) is 20.0. The lowest BCUT2D eigenvalue weighted by molar-refractivity contribution is 0.439. The van der Waals surface area contributed by atoms with E-state index in [1.54, 1.807) is 30.1 Å². The molecule has 1 aliphatic heterocycles. The molecule has 0 spiro atoms. The second kappa shape index (κ2) is 12.4. The van der Waals surface area contributed by atoms with Crippen molar-refractivity contribution >= 4 is 5.95 Å². The summed E-state index contributed by atoms with van der Waals surface area (Å²) in [5.41, 5.74) is 4.34. The van der Waals surface area contributed by atoms with Crippen molar-refractivity contribution in [3.63, 3.8) is 0 Å². The maximum atomic E-state index is 12.6. The van der Waals surface area contributed by atoms with Gasteiger partial charge in [0, 0.05) is 69.5 Å². The summed E-state index contributed by atoms with van der Waals surface area (Å²) in [6.45, 7) is 6.77. The maximum absolute atomic E-state index is 12.6. The van der Waals surface area contributed by atoms with Crippen LogP contribution in [-0.4, -0.2) is 52.2 Å². The third-order valence-corrected chi connectivity index (χ3v) is 6.79. The molecule has 0 unspecified atom stereocenters. The third-order valence-electron chi connectivity index (χ3n) is 6.79. The van der Waals surface area contributed by atoms with E-state index in [2.05, 4.69) is 51.5 Å². The Morgan fingerprint density at radius 3 is 2.74 bits per heavy atom. The Labute approximate surface area is 208 Å². The van der Waals surface area contributed by atoms with E-state index in [4.69, 9.17) is 4.98 Å². The predicted molar refractivity (Wildman–Crippen MR) is 143 cm³/mol. The standard InChI is InChI=1S/C28H38N6O/c1-3-33(28-31-26(21-27(35)32(28)2)24-13-15-29-16-14-24)20-17-30-22-23-9-5-4-6-10-25(12-11-23)34-18-7-8-19-34/h6,10,12-16,21-22,30H,3-5,7-9,11,17-20H2,1-2H3/b10-6-,23-22+,25-12+. The van der Waals surface area contributed by atoms with Gasteiger partial charge in [0.15, 0.2) is 0 Å². The molecule has 3 heterocycles. The number of likely N-dealkylation sites (N-methyl/N-ethyl adjacent to an activating group) is 1. The summed E-state index contributed by atoms with van der Waals surface area (Å²) in [7, 11) is 1.79. The van der Waals surface area contributed by atoms with Gasteiger partial charge in [-0.2, -0.15) is 0 Å². The van der Waals surface area contributed by atoms with Crippen LogP contribution in [0, 0.1) is 0 Å². The lowest BCUT2D eigenvalue weighted by Crippen LogP contribution is -2.35. The molecule has 7 heteroatoms. The van der Waals surface area contributed by atoms with Crippen molar-refractivity contribution in [1.29, 1.82) is 0 Å². The fourth-order valence-electron chi connectivity index (χ4n) is 4.69. The van der Waals surface area contributed by atoms with Gasteiger partial charge in [0.25, 0.3) is 5.56 Å². The second-order valence-corrected chi connectivity index (χ2v) is 9.23. The highest BCUT2D eigenvalue weighted by molar-refractivity contribution is 5.59. The Hall–Kier alpha value is -3.35. The van der Waals surface area contributed by atoms with Crippen LogP contribution in [0.5, 0.6) is 0 Å². The Balaban J connectivity index is 1.40. The fourth-order valence-corrected chi connectivity index (χ4v) is 4.69. The van der Waals surface area contributed by atoms with Crippen molar-refractivity contribution in [2.24, 2.45) is 7.05 Å². The molecule has 0 radical (unpaired) electrons. The summed E-state index contributed by atoms with van der Waals surface area (Å²) in [4.78, 5) is 26.2. The van der Waals surface area contributed by atoms with Crippen LogP contribution in [0.15, 0.2) is 71.1 Å². The molecule has 0 atom stereocenters. The molecule has 1 saturated heterocycles. The average molecular weight is 475 g/mol. The number of rotatable bonds is 8. The summed E-state index contributed by atoms with van der Waals surface area (Å²) in [6.07, 6.45) is 19.7. The molecule has 0 aromatic carbocycles. The summed E-state index contributed by atoms with van der Waals surface area (Å²) < 4.78 is 1.63. The molecule has 1 fully saturated rings. The molecular weight excluding hydrogens is 436 g/mol. The fraction of sp³-hybridized carbons (Fsp3) is 0.464. The second-order valence-electron chi connectivity index (χ2n) is 9.23. The van der Waals surface area contributed by atoms with Gasteiger partial charge in [0.05, 0.1) is 5.69 Å². The molecule has 7 nitrogen and oxygen atoms in total. The van der Waals surface area contributed by atoms with E-state index in [0.29, 0.717) is 11.6 Å². The third kappa shape index (κ3) is 6.62. The topological polar surface area (TPSA) is 66.3 Å². The zero-order valence-corrected chi connectivity index (χ0v) is 21.1. The van der Waals surface area contributed by atoms with E-state index < -0.39 is 0 Å². The smallest absolute Gasteiger partial charge is 0.255 e. The van der Waals surface area contributed by atoms with Crippen LogP contribution in [0.4, 0.5) is 5.95 Å². The Bertz CT molecular complexity index is 1110. The summed E-state index contributed by atoms with van der Waals surface area (Å²) >= 11 is 0. The minimum Gasteiger partial charge on any atom is -0.389 e. The molecule has 35 heavy (non-hydrogen) atoms. The molecule has 4 rings (SSSR count). The number of hydrogen-bond donors (Lipinski definition) is 1. The molecule has 0 bridgehead atoms. The maximum Gasteiger partial charge on any atom is 0.255 e. The van der Waals surface area contributed by atoms with E-state index in [0.717, 1.165) is 44.5 Å². The minimum atomic E-state index is -0.0601. The molecule has 1 aliphatic carbocycles. The summed E-state index contributed by atoms with van der Waals surface area (Å²) in [5.74, 6) is 0.688. The highest BCUT2D eigenvalue weighted by Crippen LogP contribution is 2.22. The van der Waals surface area contributed by atoms with Gasteiger partial charge in [-0.3, -0.25) is 14.3 Å². The first-order valence-electron chi connectivity index (χ1n) is 12.9. The molecule has 2 aliphatic rings. The Morgan fingerprint density at radius 2 is 1.97 bits per heavy atom. The van der Waals surface area contributed by atoms with E-state index in [9.17, 15) is 4.79 Å². The lowest BCUT2D eigenvalue weighted by atomic mass is 10.1. The van der Waals surface area contributed by atoms with Gasteiger partial charge in [-0.05, 0) is 69.9 Å². The monoisotopic (exact) mass is 474 g/mol. The number of nitrogens with zero attached hydrogens (tertiary/aromatic N) is 5. The van der Waals surface area contributed by atoms with Gasteiger partial charge in [0.1, 0.15) is 0 Å². The van der Waals surface area contributed by atoms with E-state index in [1.165, 1.54) is 43.6 Å². The Kier molecular flexibility index (Phi) is 8.76. The van der Waals surface area contributed by atoms with Crippen LogP contribution in [0.2, 0.25) is 0 Å². The zero-order valence-electron chi connectivity index (χ0n) is 21.1. The average Bonchev–Trinajstić information content (AvgIpc) is 3.44. The number of anilines is 1. The van der Waals surface area contributed by atoms with Gasteiger partial charge >= 0.3 is 0 Å². The molecular formula is C28H38N6O. The summed E-state index contributed by atoms with van der Waals surface area (Å²) in [5, 5.41) is 3.53. The predicted octanol–water partition coefficient (Wildman–Crippen LogP) is 4.25. The lowest BCUT2D eigenvalue weighted by Gasteiger charge is -2.24. The van der Waals surface area contributed by atoms with E-state index in [-0.39, 0.29) is 5.56 Å². The minimum absolute atomic E-state index is 0.0601. The van der Waals surface area contributed by atoms with Crippen molar-refractivity contribution in [3.05, 3.63) is 76.6 Å². The molecule has 186 valence electrons. The SMILES string of the molecule is CCN(CCN/C=C1/C/C=C(N2CCCC2)\C=C/CCC1)c1nc(-c2ccncc2)cc(=O)n1C. The first-order chi connectivity index (χ1) is 17.2. The first-order valence-corrected chi connectivity index (χ1v) is 12.9. The van der Waals surface area contributed by atoms with Crippen LogP contribution >= 0.6 is 0 Å². The number of hydrogen-bond acceptors (Lipinski definition) is 6. The van der Waals surface area contributed by atoms with Crippen LogP contribution in [-0.2, 0) is 7.05 Å². The van der Waals surface area contributed by atoms with E-state index >= 15 is 0 Å². The van der Waals surface area contributed by atoms with Gasteiger partial charge in [-0.1, -0.05) is 17.7 Å². The van der Waals surface area contributed by atoms with Crippen LogP contribution in [0.3, 0.4) is 0 Å². The van der Waals surface area contributed by atoms with Gasteiger partial charge < -0.3 is 15.1 Å². The van der Waals surface area contributed by atoms with Gasteiger partial charge in [0.2, 0.25) is 5.95 Å². The van der Waals surface area contributed by atoms with Crippen molar-refractivity contribution in [1.82, 2.24) is 24.8 Å². The molecule has 0 saturated carbocycles. The highest BCUT2D eigenvalue weighted by Gasteiger charge is 2.15. The van der Waals surface area contributed by atoms with Crippen molar-refractivity contribution in [2.45, 2.75) is 45.4 Å².